The number of imidazole rings is 1. The van der Waals surface area contributed by atoms with Gasteiger partial charge in [-0.3, -0.25) is 0 Å². The van der Waals surface area contributed by atoms with Crippen LogP contribution in [0.2, 0.25) is 0 Å². The summed E-state index contributed by atoms with van der Waals surface area (Å²) in [6.45, 7) is 0. The Bertz CT molecular complexity index is 700. The lowest BCUT2D eigenvalue weighted by Gasteiger charge is -2.07. The Morgan fingerprint density at radius 3 is 1.95 bits per heavy atom. The van der Waals surface area contributed by atoms with Crippen LogP contribution in [0, 0.1) is 0 Å². The number of hydrogen-bond acceptors (Lipinski definition) is 2. The van der Waals surface area contributed by atoms with E-state index < -0.39 is 0 Å². The van der Waals surface area contributed by atoms with E-state index in [0.717, 1.165) is 22.9 Å². The second-order valence-electron chi connectivity index (χ2n) is 4.67. The van der Waals surface area contributed by atoms with Crippen LogP contribution in [0.15, 0.2) is 60.7 Å². The van der Waals surface area contributed by atoms with Crippen LogP contribution in [-0.2, 0) is 7.05 Å². The van der Waals surface area contributed by atoms with Crippen molar-refractivity contribution in [3.05, 3.63) is 60.7 Å². The molecule has 100 valence electrons. The van der Waals surface area contributed by atoms with Gasteiger partial charge < -0.3 is 9.88 Å². The SMILES string of the molecule is CNc1nc(-c2ccccc2)c(-c2ccccc2)n1C. The number of aromatic nitrogens is 2. The predicted molar refractivity (Wildman–Crippen MR) is 83.6 cm³/mol. The van der Waals surface area contributed by atoms with Gasteiger partial charge in [-0.25, -0.2) is 4.98 Å². The highest BCUT2D eigenvalue weighted by Crippen LogP contribution is 2.33. The second-order valence-corrected chi connectivity index (χ2v) is 4.67. The maximum Gasteiger partial charge on any atom is 0.203 e. The molecule has 2 aromatic carbocycles. The average Bonchev–Trinajstić information content (AvgIpc) is 2.86. The first-order chi connectivity index (χ1) is 9.81. The third-order valence-corrected chi connectivity index (χ3v) is 3.41. The van der Waals surface area contributed by atoms with Crippen molar-refractivity contribution in [1.82, 2.24) is 9.55 Å². The molecule has 3 aromatic rings. The number of rotatable bonds is 3. The van der Waals surface area contributed by atoms with Gasteiger partial charge in [0.1, 0.15) is 0 Å². The van der Waals surface area contributed by atoms with Crippen molar-refractivity contribution in [1.29, 1.82) is 0 Å². The fourth-order valence-electron chi connectivity index (χ4n) is 2.45. The first kappa shape index (κ1) is 12.5. The van der Waals surface area contributed by atoms with Gasteiger partial charge in [0.2, 0.25) is 5.95 Å². The molecule has 0 saturated carbocycles. The van der Waals surface area contributed by atoms with Crippen LogP contribution in [0.3, 0.4) is 0 Å². The van der Waals surface area contributed by atoms with E-state index in [9.17, 15) is 0 Å². The molecule has 0 fully saturated rings. The lowest BCUT2D eigenvalue weighted by atomic mass is 10.1. The molecule has 1 N–H and O–H groups in total. The number of nitrogens with zero attached hydrogens (tertiary/aromatic N) is 2. The molecule has 3 nitrogen and oxygen atoms in total. The summed E-state index contributed by atoms with van der Waals surface area (Å²) in [5, 5.41) is 3.15. The lowest BCUT2D eigenvalue weighted by Crippen LogP contribution is -1.99. The fourth-order valence-corrected chi connectivity index (χ4v) is 2.45. The summed E-state index contributed by atoms with van der Waals surface area (Å²) in [5.41, 5.74) is 4.43. The van der Waals surface area contributed by atoms with Crippen molar-refractivity contribution in [2.75, 3.05) is 12.4 Å². The summed E-state index contributed by atoms with van der Waals surface area (Å²) in [6, 6.07) is 20.6. The van der Waals surface area contributed by atoms with Crippen LogP contribution in [-0.4, -0.2) is 16.6 Å². The normalized spacial score (nSPS) is 10.5. The summed E-state index contributed by atoms with van der Waals surface area (Å²) >= 11 is 0. The number of hydrogen-bond donors (Lipinski definition) is 1. The van der Waals surface area contributed by atoms with E-state index in [4.69, 9.17) is 4.98 Å². The van der Waals surface area contributed by atoms with Crippen LogP contribution >= 0.6 is 0 Å². The molecule has 0 spiro atoms. The van der Waals surface area contributed by atoms with Gasteiger partial charge in [0.05, 0.1) is 11.4 Å². The Hall–Kier alpha value is -2.55. The van der Waals surface area contributed by atoms with Crippen LogP contribution in [0.4, 0.5) is 5.95 Å². The van der Waals surface area contributed by atoms with Gasteiger partial charge >= 0.3 is 0 Å². The van der Waals surface area contributed by atoms with Crippen molar-refractivity contribution in [3.63, 3.8) is 0 Å². The highest BCUT2D eigenvalue weighted by molar-refractivity contribution is 5.80. The molecule has 0 radical (unpaired) electrons. The largest absolute Gasteiger partial charge is 0.359 e. The molecule has 0 aliphatic heterocycles. The van der Waals surface area contributed by atoms with Crippen molar-refractivity contribution in [2.45, 2.75) is 0 Å². The highest BCUT2D eigenvalue weighted by Gasteiger charge is 2.16. The van der Waals surface area contributed by atoms with Crippen molar-refractivity contribution < 1.29 is 0 Å². The summed E-state index contributed by atoms with van der Waals surface area (Å²) in [4.78, 5) is 4.73. The molecule has 0 atom stereocenters. The molecule has 0 saturated heterocycles. The molecule has 3 heteroatoms. The maximum absolute atomic E-state index is 4.73. The van der Waals surface area contributed by atoms with Gasteiger partial charge in [0.15, 0.2) is 0 Å². The molecule has 1 aromatic heterocycles. The first-order valence-electron chi connectivity index (χ1n) is 6.66. The monoisotopic (exact) mass is 263 g/mol. The number of anilines is 1. The van der Waals surface area contributed by atoms with Gasteiger partial charge in [-0.15, -0.1) is 0 Å². The third kappa shape index (κ3) is 2.07. The molecule has 0 aliphatic rings. The maximum atomic E-state index is 4.73. The molecule has 0 bridgehead atoms. The third-order valence-electron chi connectivity index (χ3n) is 3.41. The Kier molecular flexibility index (Phi) is 3.25. The molecular formula is C17H17N3. The van der Waals surface area contributed by atoms with E-state index in [1.165, 1.54) is 5.56 Å². The predicted octanol–water partition coefficient (Wildman–Crippen LogP) is 3.80. The van der Waals surface area contributed by atoms with Crippen LogP contribution in [0.1, 0.15) is 0 Å². The van der Waals surface area contributed by atoms with E-state index in [-0.39, 0.29) is 0 Å². The Balaban J connectivity index is 2.25. The fraction of sp³-hybridized carbons (Fsp3) is 0.118. The Morgan fingerprint density at radius 2 is 1.40 bits per heavy atom. The molecule has 3 rings (SSSR count). The minimum absolute atomic E-state index is 0.864. The topological polar surface area (TPSA) is 29.9 Å². The smallest absolute Gasteiger partial charge is 0.203 e. The van der Waals surface area contributed by atoms with E-state index in [2.05, 4.69) is 46.3 Å². The van der Waals surface area contributed by atoms with Gasteiger partial charge in [-0.05, 0) is 0 Å². The van der Waals surface area contributed by atoms with E-state index in [1.54, 1.807) is 0 Å². The summed E-state index contributed by atoms with van der Waals surface area (Å²) in [7, 11) is 3.93. The van der Waals surface area contributed by atoms with E-state index in [0.29, 0.717) is 0 Å². The van der Waals surface area contributed by atoms with Crippen LogP contribution in [0.5, 0.6) is 0 Å². The Labute approximate surface area is 118 Å². The zero-order valence-electron chi connectivity index (χ0n) is 11.7. The van der Waals surface area contributed by atoms with Gasteiger partial charge in [-0.2, -0.15) is 0 Å². The second kappa shape index (κ2) is 5.21. The molecule has 0 aliphatic carbocycles. The quantitative estimate of drug-likeness (QED) is 0.779. The lowest BCUT2D eigenvalue weighted by molar-refractivity contribution is 0.927. The van der Waals surface area contributed by atoms with E-state index in [1.807, 2.05) is 38.4 Å². The molecule has 0 unspecified atom stereocenters. The first-order valence-corrected chi connectivity index (χ1v) is 6.66. The summed E-state index contributed by atoms with van der Waals surface area (Å²) < 4.78 is 2.09. The number of nitrogens with one attached hydrogen (secondary N) is 1. The zero-order chi connectivity index (χ0) is 13.9. The Morgan fingerprint density at radius 1 is 0.850 bits per heavy atom. The average molecular weight is 263 g/mol. The minimum Gasteiger partial charge on any atom is -0.359 e. The minimum atomic E-state index is 0.864. The van der Waals surface area contributed by atoms with Crippen LogP contribution < -0.4 is 5.32 Å². The van der Waals surface area contributed by atoms with Gasteiger partial charge in [-0.1, -0.05) is 60.7 Å². The van der Waals surface area contributed by atoms with Gasteiger partial charge in [0.25, 0.3) is 0 Å². The molecular weight excluding hydrogens is 246 g/mol. The molecule has 1 heterocycles. The highest BCUT2D eigenvalue weighted by atomic mass is 15.2. The number of benzene rings is 2. The van der Waals surface area contributed by atoms with E-state index >= 15 is 0 Å². The van der Waals surface area contributed by atoms with Crippen LogP contribution in [0.25, 0.3) is 22.5 Å². The zero-order valence-corrected chi connectivity index (χ0v) is 11.7. The summed E-state index contributed by atoms with van der Waals surface area (Å²) in [6.07, 6.45) is 0. The molecule has 0 amide bonds. The standard InChI is InChI=1S/C17H17N3/c1-18-17-19-15(13-9-5-3-6-10-13)16(20(17)2)14-11-7-4-8-12-14/h3-12H,1-2H3,(H,18,19). The van der Waals surface area contributed by atoms with Crippen molar-refractivity contribution >= 4 is 5.95 Å². The van der Waals surface area contributed by atoms with Crippen molar-refractivity contribution in [2.24, 2.45) is 7.05 Å². The molecule has 20 heavy (non-hydrogen) atoms. The van der Waals surface area contributed by atoms with Gasteiger partial charge in [0, 0.05) is 25.2 Å². The van der Waals surface area contributed by atoms with Crippen molar-refractivity contribution in [3.8, 4) is 22.5 Å². The summed E-state index contributed by atoms with van der Waals surface area (Å²) in [5.74, 6) is 0.864.